The molecule has 0 saturated heterocycles. The van der Waals surface area contributed by atoms with Crippen molar-refractivity contribution in [2.24, 2.45) is 5.92 Å². The Kier molecular flexibility index (Phi) is 4.31. The van der Waals surface area contributed by atoms with E-state index in [-0.39, 0.29) is 5.92 Å². The van der Waals surface area contributed by atoms with Crippen molar-refractivity contribution in [2.45, 2.75) is 38.3 Å². The van der Waals surface area contributed by atoms with Crippen LogP contribution in [0, 0.1) is 5.92 Å². The zero-order valence-electron chi connectivity index (χ0n) is 9.23. The molecule has 1 aliphatic carbocycles. The van der Waals surface area contributed by atoms with Crippen LogP contribution in [0.1, 0.15) is 31.4 Å². The molecule has 2 N–H and O–H groups in total. The van der Waals surface area contributed by atoms with E-state index < -0.39 is 5.97 Å². The zero-order chi connectivity index (χ0) is 12.3. The van der Waals surface area contributed by atoms with Gasteiger partial charge in [-0.25, -0.2) is 0 Å². The van der Waals surface area contributed by atoms with Crippen molar-refractivity contribution in [1.29, 1.82) is 0 Å². The Labute approximate surface area is 108 Å². The van der Waals surface area contributed by atoms with E-state index in [0.29, 0.717) is 16.9 Å². The molecule has 7 heteroatoms. The predicted octanol–water partition coefficient (Wildman–Crippen LogP) is 1.92. The van der Waals surface area contributed by atoms with Gasteiger partial charge in [-0.2, -0.15) is 0 Å². The van der Waals surface area contributed by atoms with Crippen LogP contribution in [0.25, 0.3) is 0 Å². The second-order valence-electron chi connectivity index (χ2n) is 4.26. The quantitative estimate of drug-likeness (QED) is 0.878. The summed E-state index contributed by atoms with van der Waals surface area (Å²) >= 11 is 7.08. The van der Waals surface area contributed by atoms with Crippen molar-refractivity contribution in [3.05, 3.63) is 10.0 Å². The molecule has 1 aromatic heterocycles. The number of nitrogens with one attached hydrogen (secondary N) is 1. The van der Waals surface area contributed by atoms with Crippen LogP contribution >= 0.6 is 23.1 Å². The molecule has 94 valence electrons. The third kappa shape index (κ3) is 3.37. The van der Waals surface area contributed by atoms with Gasteiger partial charge in [0.1, 0.15) is 10.0 Å². The molecule has 1 aromatic rings. The molecule has 0 unspecified atom stereocenters. The fraction of sp³-hybridized carbons (Fsp3) is 0.700. The van der Waals surface area contributed by atoms with Gasteiger partial charge < -0.3 is 10.4 Å². The van der Waals surface area contributed by atoms with Gasteiger partial charge in [-0.15, -0.1) is 5.10 Å². The van der Waals surface area contributed by atoms with E-state index in [1.165, 1.54) is 11.5 Å². The Bertz CT molecular complexity index is 391. The van der Waals surface area contributed by atoms with Crippen LogP contribution in [-0.4, -0.2) is 26.7 Å². The van der Waals surface area contributed by atoms with Crippen molar-refractivity contribution in [1.82, 2.24) is 14.9 Å². The fourth-order valence-electron chi connectivity index (χ4n) is 2.09. The van der Waals surface area contributed by atoms with Crippen LogP contribution in [0.3, 0.4) is 0 Å². The minimum absolute atomic E-state index is 0.169. The monoisotopic (exact) mass is 275 g/mol. The van der Waals surface area contributed by atoms with Crippen molar-refractivity contribution in [2.75, 3.05) is 0 Å². The first-order valence-electron chi connectivity index (χ1n) is 5.59. The van der Waals surface area contributed by atoms with Crippen LogP contribution in [0.4, 0.5) is 0 Å². The summed E-state index contributed by atoms with van der Waals surface area (Å²) in [5.41, 5.74) is 0.775. The van der Waals surface area contributed by atoms with Gasteiger partial charge in [0.2, 0.25) is 0 Å². The third-order valence-corrected chi connectivity index (χ3v) is 4.13. The number of aromatic nitrogens is 2. The molecule has 0 spiro atoms. The van der Waals surface area contributed by atoms with Gasteiger partial charge in [-0.3, -0.25) is 4.79 Å². The van der Waals surface area contributed by atoms with Crippen LogP contribution < -0.4 is 5.32 Å². The maximum atomic E-state index is 10.8. The molecule has 1 saturated carbocycles. The minimum Gasteiger partial charge on any atom is -0.481 e. The van der Waals surface area contributed by atoms with Gasteiger partial charge in [0.15, 0.2) is 0 Å². The molecule has 1 heterocycles. The van der Waals surface area contributed by atoms with Crippen LogP contribution in [0.2, 0.25) is 4.34 Å². The summed E-state index contributed by atoms with van der Waals surface area (Å²) in [7, 11) is 0. The van der Waals surface area contributed by atoms with Crippen molar-refractivity contribution in [3.8, 4) is 0 Å². The summed E-state index contributed by atoms with van der Waals surface area (Å²) in [6, 6.07) is 0.364. The Morgan fingerprint density at radius 1 is 1.47 bits per heavy atom. The Balaban J connectivity index is 1.75. The van der Waals surface area contributed by atoms with Gasteiger partial charge in [-0.05, 0) is 25.7 Å². The summed E-state index contributed by atoms with van der Waals surface area (Å²) in [6.07, 6.45) is 3.28. The van der Waals surface area contributed by atoms with E-state index in [9.17, 15) is 4.79 Å². The summed E-state index contributed by atoms with van der Waals surface area (Å²) < 4.78 is 4.38. The first-order chi connectivity index (χ1) is 8.16. The maximum absolute atomic E-state index is 10.8. The van der Waals surface area contributed by atoms with E-state index in [1.807, 2.05) is 0 Å². The largest absolute Gasteiger partial charge is 0.481 e. The molecule has 0 radical (unpaired) electrons. The van der Waals surface area contributed by atoms with E-state index in [0.717, 1.165) is 31.4 Å². The normalized spacial score (nSPS) is 24.8. The molecule has 1 aliphatic rings. The van der Waals surface area contributed by atoms with Crippen molar-refractivity contribution >= 4 is 29.1 Å². The van der Waals surface area contributed by atoms with Gasteiger partial charge in [-0.1, -0.05) is 16.1 Å². The Hall–Kier alpha value is -0.720. The minimum atomic E-state index is -0.671. The highest BCUT2D eigenvalue weighted by Gasteiger charge is 2.25. The molecular formula is C10H14ClN3O2S. The molecule has 0 bridgehead atoms. The summed E-state index contributed by atoms with van der Waals surface area (Å²) in [6.45, 7) is 0.609. The summed E-state index contributed by atoms with van der Waals surface area (Å²) in [5.74, 6) is -0.840. The Morgan fingerprint density at radius 2 is 2.18 bits per heavy atom. The second-order valence-corrected chi connectivity index (χ2v) is 5.62. The highest BCUT2D eigenvalue weighted by atomic mass is 35.5. The highest BCUT2D eigenvalue weighted by molar-refractivity contribution is 7.10. The number of rotatable bonds is 4. The van der Waals surface area contributed by atoms with Gasteiger partial charge in [0, 0.05) is 24.1 Å². The highest BCUT2D eigenvalue weighted by Crippen LogP contribution is 2.25. The standard InChI is InChI=1S/C10H14ClN3O2S/c11-9-8(13-14-17-9)5-12-7-3-1-6(2-4-7)10(15)16/h6-7,12H,1-5H2,(H,15,16). The number of nitrogens with zero attached hydrogens (tertiary/aromatic N) is 2. The molecule has 1 fully saturated rings. The van der Waals surface area contributed by atoms with Crippen LogP contribution in [-0.2, 0) is 11.3 Å². The topological polar surface area (TPSA) is 75.1 Å². The number of carboxylic acids is 1. The second kappa shape index (κ2) is 5.75. The molecule has 0 atom stereocenters. The lowest BCUT2D eigenvalue weighted by atomic mass is 9.86. The van der Waals surface area contributed by atoms with E-state index in [2.05, 4.69) is 14.9 Å². The first-order valence-corrected chi connectivity index (χ1v) is 6.75. The van der Waals surface area contributed by atoms with Crippen LogP contribution in [0.5, 0.6) is 0 Å². The van der Waals surface area contributed by atoms with Gasteiger partial charge in [0.05, 0.1) is 5.92 Å². The average Bonchev–Trinajstić information content (AvgIpc) is 2.73. The maximum Gasteiger partial charge on any atom is 0.306 e. The molecular weight excluding hydrogens is 262 g/mol. The molecule has 2 rings (SSSR count). The number of halogens is 1. The summed E-state index contributed by atoms with van der Waals surface area (Å²) in [4.78, 5) is 10.8. The number of hydrogen-bond acceptors (Lipinski definition) is 5. The number of carboxylic acid groups (broad SMARTS) is 1. The summed E-state index contributed by atoms with van der Waals surface area (Å²) in [5, 5.41) is 16.2. The first kappa shape index (κ1) is 12.7. The number of hydrogen-bond donors (Lipinski definition) is 2. The molecule has 0 aliphatic heterocycles. The molecule has 5 nitrogen and oxygen atoms in total. The van der Waals surface area contributed by atoms with E-state index in [1.54, 1.807) is 0 Å². The SMILES string of the molecule is O=C(O)C1CCC(NCc2nnsc2Cl)CC1. The average molecular weight is 276 g/mol. The number of aliphatic carboxylic acids is 1. The lowest BCUT2D eigenvalue weighted by Gasteiger charge is -2.26. The van der Waals surface area contributed by atoms with E-state index in [4.69, 9.17) is 16.7 Å². The molecule has 17 heavy (non-hydrogen) atoms. The fourth-order valence-corrected chi connectivity index (χ4v) is 2.71. The number of carbonyl (C=O) groups is 1. The predicted molar refractivity (Wildman–Crippen MR) is 65.1 cm³/mol. The van der Waals surface area contributed by atoms with Gasteiger partial charge >= 0.3 is 5.97 Å². The Morgan fingerprint density at radius 3 is 2.71 bits per heavy atom. The smallest absolute Gasteiger partial charge is 0.306 e. The third-order valence-electron chi connectivity index (χ3n) is 3.14. The van der Waals surface area contributed by atoms with Crippen LogP contribution in [0.15, 0.2) is 0 Å². The van der Waals surface area contributed by atoms with Gasteiger partial charge in [0.25, 0.3) is 0 Å². The van der Waals surface area contributed by atoms with Crippen molar-refractivity contribution < 1.29 is 9.90 Å². The zero-order valence-corrected chi connectivity index (χ0v) is 10.8. The van der Waals surface area contributed by atoms with E-state index >= 15 is 0 Å². The lowest BCUT2D eigenvalue weighted by Crippen LogP contribution is -2.34. The molecule has 0 amide bonds. The van der Waals surface area contributed by atoms with Crippen molar-refractivity contribution in [3.63, 3.8) is 0 Å². The molecule has 0 aromatic carbocycles. The lowest BCUT2D eigenvalue weighted by molar-refractivity contribution is -0.142.